The minimum absolute atomic E-state index is 0.533. The molecule has 0 fully saturated rings. The molecule has 0 saturated heterocycles. The normalized spacial score (nSPS) is 9.64. The zero-order valence-corrected chi connectivity index (χ0v) is 9.67. The molecule has 2 N–H and O–H groups in total. The van der Waals surface area contributed by atoms with Gasteiger partial charge in [0, 0.05) is 12.7 Å². The maximum absolute atomic E-state index is 5.96. The molecule has 1 aromatic heterocycles. The summed E-state index contributed by atoms with van der Waals surface area (Å²) in [6.45, 7) is 4.68. The van der Waals surface area contributed by atoms with E-state index in [2.05, 4.69) is 15.6 Å². The minimum Gasteiger partial charge on any atom is -0.363 e. The highest BCUT2D eigenvalue weighted by Gasteiger charge is 2.02. The molecule has 0 atom stereocenters. The van der Waals surface area contributed by atoms with Gasteiger partial charge in [-0.05, 0) is 37.7 Å². The summed E-state index contributed by atoms with van der Waals surface area (Å²) in [7, 11) is 0. The number of pyridine rings is 1. The molecule has 0 aliphatic rings. The molecule has 0 unspecified atom stereocenters. The molecule has 1 heterocycles. The van der Waals surface area contributed by atoms with Crippen molar-refractivity contribution >= 4 is 34.7 Å². The Morgan fingerprint density at radius 2 is 2.36 bits per heavy atom. The average molecular weight is 230 g/mol. The van der Waals surface area contributed by atoms with Crippen LogP contribution in [0.3, 0.4) is 0 Å². The third-order valence-electron chi connectivity index (χ3n) is 1.55. The lowest BCUT2D eigenvalue weighted by molar-refractivity contribution is 0.978. The SMILES string of the molecule is CCNC(=S)Nc1ncc(C)cc1Cl. The van der Waals surface area contributed by atoms with Crippen LogP contribution in [0.5, 0.6) is 0 Å². The van der Waals surface area contributed by atoms with Crippen molar-refractivity contribution < 1.29 is 0 Å². The Hall–Kier alpha value is -0.870. The number of halogens is 1. The van der Waals surface area contributed by atoms with Gasteiger partial charge in [-0.1, -0.05) is 11.6 Å². The third-order valence-corrected chi connectivity index (χ3v) is 2.08. The Morgan fingerprint density at radius 1 is 1.64 bits per heavy atom. The van der Waals surface area contributed by atoms with E-state index in [-0.39, 0.29) is 0 Å². The monoisotopic (exact) mass is 229 g/mol. The predicted octanol–water partition coefficient (Wildman–Crippen LogP) is 2.35. The van der Waals surface area contributed by atoms with E-state index in [1.165, 1.54) is 0 Å². The van der Waals surface area contributed by atoms with E-state index >= 15 is 0 Å². The number of rotatable bonds is 2. The molecule has 1 rings (SSSR count). The summed E-state index contributed by atoms with van der Waals surface area (Å²) in [6.07, 6.45) is 1.74. The summed E-state index contributed by atoms with van der Waals surface area (Å²) in [6, 6.07) is 1.84. The number of thiocarbonyl (C=S) groups is 1. The molecule has 0 saturated carbocycles. The Kier molecular flexibility index (Phi) is 4.10. The summed E-state index contributed by atoms with van der Waals surface area (Å²) in [5.41, 5.74) is 1.02. The van der Waals surface area contributed by atoms with Crippen LogP contribution in [-0.2, 0) is 0 Å². The smallest absolute Gasteiger partial charge is 0.171 e. The first-order valence-electron chi connectivity index (χ1n) is 4.30. The van der Waals surface area contributed by atoms with Crippen LogP contribution in [0.15, 0.2) is 12.3 Å². The molecule has 0 bridgehead atoms. The summed E-state index contributed by atoms with van der Waals surface area (Å²) in [4.78, 5) is 4.13. The predicted molar refractivity (Wildman–Crippen MR) is 63.9 cm³/mol. The molecule has 76 valence electrons. The van der Waals surface area contributed by atoms with Crippen LogP contribution in [0.4, 0.5) is 5.82 Å². The van der Waals surface area contributed by atoms with E-state index < -0.39 is 0 Å². The van der Waals surface area contributed by atoms with Crippen LogP contribution < -0.4 is 10.6 Å². The van der Waals surface area contributed by atoms with E-state index in [4.69, 9.17) is 23.8 Å². The van der Waals surface area contributed by atoms with Crippen LogP contribution in [0.25, 0.3) is 0 Å². The van der Waals surface area contributed by atoms with Crippen molar-refractivity contribution in [3.8, 4) is 0 Å². The van der Waals surface area contributed by atoms with Gasteiger partial charge in [-0.25, -0.2) is 4.98 Å². The fourth-order valence-corrected chi connectivity index (χ4v) is 1.45. The fourth-order valence-electron chi connectivity index (χ4n) is 0.938. The molecule has 0 spiro atoms. The Balaban J connectivity index is 2.72. The van der Waals surface area contributed by atoms with Crippen molar-refractivity contribution in [3.05, 3.63) is 22.8 Å². The van der Waals surface area contributed by atoms with Crippen molar-refractivity contribution in [2.24, 2.45) is 0 Å². The van der Waals surface area contributed by atoms with Crippen LogP contribution in [-0.4, -0.2) is 16.6 Å². The molecule has 3 nitrogen and oxygen atoms in total. The molecular formula is C9H12ClN3S. The summed E-state index contributed by atoms with van der Waals surface area (Å²) < 4.78 is 0. The molecule has 0 aliphatic carbocycles. The molecular weight excluding hydrogens is 218 g/mol. The molecule has 0 aromatic carbocycles. The molecule has 14 heavy (non-hydrogen) atoms. The van der Waals surface area contributed by atoms with Crippen molar-refractivity contribution in [1.82, 2.24) is 10.3 Å². The molecule has 0 radical (unpaired) electrons. The van der Waals surface area contributed by atoms with Crippen molar-refractivity contribution in [2.75, 3.05) is 11.9 Å². The van der Waals surface area contributed by atoms with Gasteiger partial charge in [-0.2, -0.15) is 0 Å². The Labute approximate surface area is 93.9 Å². The maximum Gasteiger partial charge on any atom is 0.171 e. The van der Waals surface area contributed by atoms with Gasteiger partial charge in [0.15, 0.2) is 10.9 Å². The van der Waals surface area contributed by atoms with Crippen LogP contribution in [0.2, 0.25) is 5.02 Å². The summed E-state index contributed by atoms with van der Waals surface area (Å²) >= 11 is 11.0. The van der Waals surface area contributed by atoms with E-state index in [0.717, 1.165) is 12.1 Å². The number of anilines is 1. The van der Waals surface area contributed by atoms with Gasteiger partial charge in [0.1, 0.15) is 0 Å². The standard InChI is InChI=1S/C9H12ClN3S/c1-3-11-9(14)13-8-7(10)4-6(2)5-12-8/h4-5H,3H2,1-2H3,(H2,11,12,13,14). The van der Waals surface area contributed by atoms with E-state index in [1.54, 1.807) is 6.20 Å². The largest absolute Gasteiger partial charge is 0.363 e. The lowest BCUT2D eigenvalue weighted by atomic mass is 10.3. The van der Waals surface area contributed by atoms with Crippen LogP contribution in [0.1, 0.15) is 12.5 Å². The number of hydrogen-bond donors (Lipinski definition) is 2. The highest BCUT2D eigenvalue weighted by molar-refractivity contribution is 7.80. The first-order chi connectivity index (χ1) is 6.63. The topological polar surface area (TPSA) is 37.0 Å². The highest BCUT2D eigenvalue weighted by Crippen LogP contribution is 2.19. The lowest BCUT2D eigenvalue weighted by Crippen LogP contribution is -2.28. The number of nitrogens with one attached hydrogen (secondary N) is 2. The van der Waals surface area contributed by atoms with Crippen LogP contribution >= 0.6 is 23.8 Å². The quantitative estimate of drug-likeness (QED) is 0.764. The number of aryl methyl sites for hydroxylation is 1. The summed E-state index contributed by atoms with van der Waals surface area (Å²) in [5.74, 6) is 0.586. The second-order valence-electron chi connectivity index (χ2n) is 2.83. The van der Waals surface area contributed by atoms with Gasteiger partial charge in [-0.3, -0.25) is 0 Å². The van der Waals surface area contributed by atoms with E-state index in [9.17, 15) is 0 Å². The van der Waals surface area contributed by atoms with Gasteiger partial charge in [0.25, 0.3) is 0 Å². The number of aromatic nitrogens is 1. The van der Waals surface area contributed by atoms with Gasteiger partial charge < -0.3 is 10.6 Å². The summed E-state index contributed by atoms with van der Waals surface area (Å²) in [5, 5.41) is 6.98. The maximum atomic E-state index is 5.96. The fraction of sp³-hybridized carbons (Fsp3) is 0.333. The zero-order valence-electron chi connectivity index (χ0n) is 8.10. The number of hydrogen-bond acceptors (Lipinski definition) is 2. The van der Waals surface area contributed by atoms with E-state index in [1.807, 2.05) is 19.9 Å². The first-order valence-corrected chi connectivity index (χ1v) is 5.09. The second-order valence-corrected chi connectivity index (χ2v) is 3.64. The molecule has 1 aromatic rings. The van der Waals surface area contributed by atoms with Crippen molar-refractivity contribution in [2.45, 2.75) is 13.8 Å². The first kappa shape index (κ1) is 11.2. The second kappa shape index (κ2) is 5.12. The van der Waals surface area contributed by atoms with Gasteiger partial charge in [0.2, 0.25) is 0 Å². The zero-order chi connectivity index (χ0) is 10.6. The highest BCUT2D eigenvalue weighted by atomic mass is 35.5. The average Bonchev–Trinajstić information content (AvgIpc) is 2.10. The van der Waals surface area contributed by atoms with Crippen molar-refractivity contribution in [1.29, 1.82) is 0 Å². The van der Waals surface area contributed by atoms with Gasteiger partial charge >= 0.3 is 0 Å². The van der Waals surface area contributed by atoms with Gasteiger partial charge in [-0.15, -0.1) is 0 Å². The third kappa shape index (κ3) is 3.12. The molecule has 5 heteroatoms. The van der Waals surface area contributed by atoms with E-state index in [0.29, 0.717) is 16.0 Å². The molecule has 0 amide bonds. The van der Waals surface area contributed by atoms with Crippen LogP contribution in [0, 0.1) is 6.92 Å². The minimum atomic E-state index is 0.533. The Morgan fingerprint density at radius 3 is 2.93 bits per heavy atom. The Bertz CT molecular complexity index is 341. The number of nitrogens with zero attached hydrogens (tertiary/aromatic N) is 1. The van der Waals surface area contributed by atoms with Crippen molar-refractivity contribution in [3.63, 3.8) is 0 Å². The molecule has 0 aliphatic heterocycles. The van der Waals surface area contributed by atoms with Gasteiger partial charge in [0.05, 0.1) is 5.02 Å². The lowest BCUT2D eigenvalue weighted by Gasteiger charge is -2.09.